The largest absolute Gasteiger partial charge is 0.481 e. The van der Waals surface area contributed by atoms with Crippen LogP contribution in [0.3, 0.4) is 0 Å². The summed E-state index contributed by atoms with van der Waals surface area (Å²) in [5.74, 6) is -0.993. The van der Waals surface area contributed by atoms with E-state index in [1.165, 1.54) is 0 Å². The average Bonchev–Trinajstić information content (AvgIpc) is 2.00. The summed E-state index contributed by atoms with van der Waals surface area (Å²) in [7, 11) is 0. The van der Waals surface area contributed by atoms with Crippen LogP contribution < -0.4 is 5.73 Å². The van der Waals surface area contributed by atoms with Crippen LogP contribution in [0, 0.1) is 11.8 Å². The lowest BCUT2D eigenvalue weighted by molar-refractivity contribution is -0.139. The van der Waals surface area contributed by atoms with Crippen molar-refractivity contribution in [3.63, 3.8) is 0 Å². The first-order valence-electron chi connectivity index (χ1n) is 5.37. The van der Waals surface area contributed by atoms with Crippen LogP contribution in [0.1, 0.15) is 40.5 Å². The predicted molar refractivity (Wildman–Crippen MR) is 62.2 cm³/mol. The molecular weight excluding hydrogens is 210 g/mol. The van der Waals surface area contributed by atoms with E-state index in [2.05, 4.69) is 0 Å². The van der Waals surface area contributed by atoms with Gasteiger partial charge in [0.25, 0.3) is 0 Å². The van der Waals surface area contributed by atoms with Crippen molar-refractivity contribution < 1.29 is 19.8 Å². The molecule has 0 rings (SSSR count). The molecule has 0 saturated heterocycles. The second-order valence-electron chi connectivity index (χ2n) is 4.57. The van der Waals surface area contributed by atoms with Crippen molar-refractivity contribution in [2.75, 3.05) is 0 Å². The summed E-state index contributed by atoms with van der Waals surface area (Å²) in [5, 5.41) is 16.4. The normalized spacial score (nSPS) is 11.9. The van der Waals surface area contributed by atoms with Gasteiger partial charge in [0, 0.05) is 6.42 Å². The third-order valence-corrected chi connectivity index (χ3v) is 1.63. The van der Waals surface area contributed by atoms with Crippen molar-refractivity contribution in [1.82, 2.24) is 0 Å². The highest BCUT2D eigenvalue weighted by Crippen LogP contribution is 2.01. The number of carbonyl (C=O) groups is 2. The second-order valence-corrected chi connectivity index (χ2v) is 4.57. The van der Waals surface area contributed by atoms with E-state index in [0.717, 1.165) is 0 Å². The van der Waals surface area contributed by atoms with Crippen molar-refractivity contribution in [2.24, 2.45) is 17.6 Å². The predicted octanol–water partition coefficient (Wildman–Crippen LogP) is 1.56. The first kappa shape index (κ1) is 17.3. The Labute approximate surface area is 96.6 Å². The molecule has 0 aromatic carbocycles. The molecule has 0 bridgehead atoms. The molecule has 0 aromatic rings. The summed E-state index contributed by atoms with van der Waals surface area (Å²) in [4.78, 5) is 19.9. The molecule has 5 nitrogen and oxygen atoms in total. The number of nitrogens with two attached hydrogens (primary N) is 1. The Morgan fingerprint density at radius 3 is 1.56 bits per heavy atom. The molecule has 1 atom stereocenters. The van der Waals surface area contributed by atoms with Gasteiger partial charge in [-0.25, -0.2) is 0 Å². The van der Waals surface area contributed by atoms with Gasteiger partial charge in [-0.15, -0.1) is 0 Å². The van der Waals surface area contributed by atoms with E-state index in [0.29, 0.717) is 12.3 Å². The summed E-state index contributed by atoms with van der Waals surface area (Å²) in [6.45, 7) is 7.66. The maximum atomic E-state index is 10.1. The fourth-order valence-corrected chi connectivity index (χ4v) is 0.958. The minimum atomic E-state index is -0.913. The van der Waals surface area contributed by atoms with Crippen molar-refractivity contribution in [1.29, 1.82) is 0 Å². The van der Waals surface area contributed by atoms with Crippen molar-refractivity contribution in [3.05, 3.63) is 0 Å². The smallest absolute Gasteiger partial charge is 0.320 e. The molecule has 0 aliphatic rings. The van der Waals surface area contributed by atoms with Crippen LogP contribution in [0.2, 0.25) is 0 Å². The van der Waals surface area contributed by atoms with Crippen molar-refractivity contribution in [3.8, 4) is 0 Å². The number of hydrogen-bond donors (Lipinski definition) is 3. The summed E-state index contributed by atoms with van der Waals surface area (Å²) >= 11 is 0. The Balaban J connectivity index is 0. The standard InChI is InChI=1S/C6H13NO2.C5H10O2/c1-4(2)3-5(7)6(8)9;1-4(2)3-5(6)7/h4-5H,3,7H2,1-2H3,(H,8,9);4H,3H2,1-2H3,(H,6,7)/t5-;/m0./s1. The number of hydrogen-bond acceptors (Lipinski definition) is 3. The second kappa shape index (κ2) is 9.15. The zero-order chi connectivity index (χ0) is 13.3. The van der Waals surface area contributed by atoms with Crippen molar-refractivity contribution in [2.45, 2.75) is 46.6 Å². The molecule has 0 aromatic heterocycles. The molecule has 0 amide bonds. The number of aliphatic carboxylic acids is 2. The van der Waals surface area contributed by atoms with Gasteiger partial charge in [-0.2, -0.15) is 0 Å². The van der Waals surface area contributed by atoms with E-state index in [1.54, 1.807) is 0 Å². The Hall–Kier alpha value is -1.10. The number of carboxylic acids is 2. The quantitative estimate of drug-likeness (QED) is 0.669. The summed E-state index contributed by atoms with van der Waals surface area (Å²) < 4.78 is 0. The third kappa shape index (κ3) is 15.4. The SMILES string of the molecule is CC(C)CC(=O)O.CC(C)C[C@H](N)C(=O)O. The van der Waals surface area contributed by atoms with Crippen LogP contribution >= 0.6 is 0 Å². The molecule has 4 N–H and O–H groups in total. The molecule has 0 unspecified atom stereocenters. The Morgan fingerprint density at radius 1 is 1.06 bits per heavy atom. The van der Waals surface area contributed by atoms with E-state index >= 15 is 0 Å². The lowest BCUT2D eigenvalue weighted by atomic mass is 10.1. The number of rotatable bonds is 5. The van der Waals surface area contributed by atoms with E-state index in [1.807, 2.05) is 27.7 Å². The van der Waals surface area contributed by atoms with Crippen molar-refractivity contribution >= 4 is 11.9 Å². The van der Waals surface area contributed by atoms with Gasteiger partial charge in [-0.05, 0) is 18.3 Å². The van der Waals surface area contributed by atoms with Crippen LogP contribution in [-0.4, -0.2) is 28.2 Å². The van der Waals surface area contributed by atoms with Gasteiger partial charge in [-0.1, -0.05) is 27.7 Å². The molecule has 0 aliphatic heterocycles. The van der Waals surface area contributed by atoms with Gasteiger partial charge in [0.15, 0.2) is 0 Å². The molecule has 5 heteroatoms. The molecule has 0 heterocycles. The average molecular weight is 233 g/mol. The maximum Gasteiger partial charge on any atom is 0.320 e. The fourth-order valence-electron chi connectivity index (χ4n) is 0.958. The van der Waals surface area contributed by atoms with E-state index in [4.69, 9.17) is 15.9 Å². The van der Waals surface area contributed by atoms with Gasteiger partial charge in [0.2, 0.25) is 0 Å². The minimum absolute atomic E-state index is 0.275. The van der Waals surface area contributed by atoms with E-state index < -0.39 is 18.0 Å². The highest BCUT2D eigenvalue weighted by Gasteiger charge is 2.11. The van der Waals surface area contributed by atoms with Crippen LogP contribution in [-0.2, 0) is 9.59 Å². The molecule has 0 radical (unpaired) electrons. The molecule has 0 saturated carbocycles. The lowest BCUT2D eigenvalue weighted by Gasteiger charge is -2.07. The molecular formula is C11H23NO4. The van der Waals surface area contributed by atoms with Gasteiger partial charge < -0.3 is 15.9 Å². The van der Waals surface area contributed by atoms with Gasteiger partial charge in [-0.3, -0.25) is 9.59 Å². The zero-order valence-electron chi connectivity index (χ0n) is 10.4. The Kier molecular flexibility index (Phi) is 9.89. The van der Waals surface area contributed by atoms with E-state index in [-0.39, 0.29) is 12.3 Å². The summed E-state index contributed by atoms with van der Waals surface area (Å²) in [5.41, 5.74) is 5.22. The van der Waals surface area contributed by atoms with Crippen LogP contribution in [0.4, 0.5) is 0 Å². The van der Waals surface area contributed by atoms with Gasteiger partial charge in [0.05, 0.1) is 0 Å². The van der Waals surface area contributed by atoms with Crippen LogP contribution in [0.25, 0.3) is 0 Å². The summed E-state index contributed by atoms with van der Waals surface area (Å²) in [6.07, 6.45) is 0.829. The molecule has 96 valence electrons. The highest BCUT2D eigenvalue weighted by atomic mass is 16.4. The van der Waals surface area contributed by atoms with Gasteiger partial charge in [0.1, 0.15) is 6.04 Å². The first-order valence-corrected chi connectivity index (χ1v) is 5.37. The van der Waals surface area contributed by atoms with Crippen LogP contribution in [0.15, 0.2) is 0 Å². The fraction of sp³-hybridized carbons (Fsp3) is 0.818. The topological polar surface area (TPSA) is 101 Å². The monoisotopic (exact) mass is 233 g/mol. The van der Waals surface area contributed by atoms with E-state index in [9.17, 15) is 9.59 Å². The summed E-state index contributed by atoms with van der Waals surface area (Å²) in [6, 6.07) is -0.690. The molecule has 0 aliphatic carbocycles. The third-order valence-electron chi connectivity index (χ3n) is 1.63. The molecule has 0 spiro atoms. The Bertz CT molecular complexity index is 214. The zero-order valence-corrected chi connectivity index (χ0v) is 10.4. The lowest BCUT2D eigenvalue weighted by Crippen LogP contribution is -2.31. The van der Waals surface area contributed by atoms with Crippen LogP contribution in [0.5, 0.6) is 0 Å². The minimum Gasteiger partial charge on any atom is -0.481 e. The van der Waals surface area contributed by atoms with Gasteiger partial charge >= 0.3 is 11.9 Å². The Morgan fingerprint density at radius 2 is 1.50 bits per heavy atom. The molecule has 0 fully saturated rings. The highest BCUT2D eigenvalue weighted by molar-refractivity contribution is 5.72. The number of carboxylic acid groups (broad SMARTS) is 2. The first-order chi connectivity index (χ1) is 7.16. The maximum absolute atomic E-state index is 10.1. The molecule has 16 heavy (non-hydrogen) atoms.